The molecular formula is C24H36N2. The lowest BCUT2D eigenvalue weighted by atomic mass is 9.71. The van der Waals surface area contributed by atoms with Gasteiger partial charge in [0.25, 0.3) is 0 Å². The summed E-state index contributed by atoms with van der Waals surface area (Å²) in [6, 6.07) is 10.6. The zero-order chi connectivity index (χ0) is 18.4. The van der Waals surface area contributed by atoms with Crippen LogP contribution in [0.1, 0.15) is 52.0 Å². The molecule has 1 fully saturated rings. The van der Waals surface area contributed by atoms with Gasteiger partial charge < -0.3 is 4.90 Å². The van der Waals surface area contributed by atoms with Crippen molar-refractivity contribution in [3.8, 4) is 0 Å². The Bertz CT molecular complexity index is 619. The predicted molar refractivity (Wildman–Crippen MR) is 113 cm³/mol. The first kappa shape index (κ1) is 19.4. The minimum Gasteiger partial charge on any atom is -0.300 e. The minimum absolute atomic E-state index is 0.423. The Morgan fingerprint density at radius 3 is 2.38 bits per heavy atom. The van der Waals surface area contributed by atoms with Crippen molar-refractivity contribution in [1.29, 1.82) is 0 Å². The fourth-order valence-corrected chi connectivity index (χ4v) is 4.59. The van der Waals surface area contributed by atoms with E-state index in [-0.39, 0.29) is 0 Å². The molecule has 142 valence electrons. The molecule has 2 aliphatic rings. The molecule has 0 amide bonds. The van der Waals surface area contributed by atoms with Crippen molar-refractivity contribution < 1.29 is 0 Å². The molecule has 0 N–H and O–H groups in total. The van der Waals surface area contributed by atoms with Crippen molar-refractivity contribution in [2.75, 3.05) is 39.3 Å². The van der Waals surface area contributed by atoms with Crippen LogP contribution in [0.4, 0.5) is 0 Å². The van der Waals surface area contributed by atoms with Gasteiger partial charge in [0, 0.05) is 39.3 Å². The van der Waals surface area contributed by atoms with E-state index < -0.39 is 0 Å². The van der Waals surface area contributed by atoms with Gasteiger partial charge in [0.15, 0.2) is 0 Å². The fraction of sp³-hybridized carbons (Fsp3) is 0.583. The Morgan fingerprint density at radius 2 is 1.69 bits per heavy atom. The maximum Gasteiger partial charge on any atom is 0.0167 e. The highest BCUT2D eigenvalue weighted by atomic mass is 15.3. The van der Waals surface area contributed by atoms with E-state index in [1.807, 2.05) is 0 Å². The van der Waals surface area contributed by atoms with Crippen LogP contribution in [0.3, 0.4) is 0 Å². The van der Waals surface area contributed by atoms with E-state index in [1.54, 1.807) is 11.1 Å². The molecule has 26 heavy (non-hydrogen) atoms. The van der Waals surface area contributed by atoms with E-state index in [9.17, 15) is 0 Å². The van der Waals surface area contributed by atoms with Crippen LogP contribution >= 0.6 is 0 Å². The molecule has 1 aromatic rings. The third kappa shape index (κ3) is 5.31. The molecule has 0 atom stereocenters. The van der Waals surface area contributed by atoms with E-state index in [4.69, 9.17) is 0 Å². The number of piperazine rings is 1. The van der Waals surface area contributed by atoms with Gasteiger partial charge in [0.2, 0.25) is 0 Å². The molecule has 1 heterocycles. The highest BCUT2D eigenvalue weighted by molar-refractivity contribution is 5.48. The fourth-order valence-electron chi connectivity index (χ4n) is 4.59. The van der Waals surface area contributed by atoms with Crippen LogP contribution in [-0.2, 0) is 0 Å². The van der Waals surface area contributed by atoms with E-state index in [2.05, 4.69) is 73.1 Å². The summed E-state index contributed by atoms with van der Waals surface area (Å²) in [7, 11) is 0. The summed E-state index contributed by atoms with van der Waals surface area (Å²) in [6.45, 7) is 14.4. The van der Waals surface area contributed by atoms with Crippen molar-refractivity contribution in [2.24, 2.45) is 5.41 Å². The molecule has 0 unspecified atom stereocenters. The first-order chi connectivity index (χ1) is 12.5. The monoisotopic (exact) mass is 352 g/mol. The molecule has 2 heteroatoms. The van der Waals surface area contributed by atoms with Gasteiger partial charge in [0.1, 0.15) is 0 Å². The number of hydrogen-bond donors (Lipinski definition) is 0. The molecule has 0 aromatic heterocycles. The van der Waals surface area contributed by atoms with Crippen LogP contribution < -0.4 is 0 Å². The summed E-state index contributed by atoms with van der Waals surface area (Å²) in [5, 5.41) is 0. The van der Waals surface area contributed by atoms with Crippen LogP contribution in [0, 0.1) is 5.41 Å². The summed E-state index contributed by atoms with van der Waals surface area (Å²) >= 11 is 0. The van der Waals surface area contributed by atoms with Gasteiger partial charge in [-0.3, -0.25) is 4.90 Å². The zero-order valence-electron chi connectivity index (χ0n) is 17.0. The topological polar surface area (TPSA) is 6.48 Å². The van der Waals surface area contributed by atoms with Gasteiger partial charge in [-0.15, -0.1) is 0 Å². The average Bonchev–Trinajstić information content (AvgIpc) is 2.63. The third-order valence-electron chi connectivity index (χ3n) is 6.30. The maximum absolute atomic E-state index is 2.67. The van der Waals surface area contributed by atoms with Gasteiger partial charge >= 0.3 is 0 Å². The standard InChI is InChI=1S/C24H36N2/c1-21-9-7-14-24(2,3)23(21)13-16-26-19-17-25(18-20-26)15-8-12-22-10-5-4-6-11-22/h4-6,8,10-12H,7,9,13-20H2,1-3H3/b12-8+. The Balaban J connectivity index is 1.41. The van der Waals surface area contributed by atoms with E-state index >= 15 is 0 Å². The molecule has 0 bridgehead atoms. The van der Waals surface area contributed by atoms with Crippen LogP contribution in [0.2, 0.25) is 0 Å². The molecular weight excluding hydrogens is 316 g/mol. The van der Waals surface area contributed by atoms with Gasteiger partial charge in [-0.25, -0.2) is 0 Å². The summed E-state index contributed by atoms with van der Waals surface area (Å²) in [5.41, 5.74) is 5.14. The van der Waals surface area contributed by atoms with Gasteiger partial charge in [-0.2, -0.15) is 0 Å². The highest BCUT2D eigenvalue weighted by Gasteiger charge is 2.28. The van der Waals surface area contributed by atoms with Crippen molar-refractivity contribution in [2.45, 2.75) is 46.5 Å². The zero-order valence-corrected chi connectivity index (χ0v) is 17.0. The summed E-state index contributed by atoms with van der Waals surface area (Å²) in [5.74, 6) is 0. The molecule has 0 saturated carbocycles. The lowest BCUT2D eigenvalue weighted by Gasteiger charge is -2.38. The molecule has 3 rings (SSSR count). The molecule has 2 nitrogen and oxygen atoms in total. The number of rotatable bonds is 6. The summed E-state index contributed by atoms with van der Waals surface area (Å²) in [6.07, 6.45) is 9.88. The number of allylic oxidation sites excluding steroid dienone is 1. The second kappa shape index (κ2) is 9.01. The van der Waals surface area contributed by atoms with Crippen LogP contribution in [0.15, 0.2) is 47.6 Å². The quantitative estimate of drug-likeness (QED) is 0.647. The Morgan fingerprint density at radius 1 is 1.00 bits per heavy atom. The molecule has 0 spiro atoms. The Labute approximate surface area is 160 Å². The van der Waals surface area contributed by atoms with Crippen molar-refractivity contribution in [3.05, 3.63) is 53.1 Å². The normalized spacial score (nSPS) is 22.3. The lowest BCUT2D eigenvalue weighted by Crippen LogP contribution is -2.46. The third-order valence-corrected chi connectivity index (χ3v) is 6.30. The predicted octanol–water partition coefficient (Wildman–Crippen LogP) is 5.23. The van der Waals surface area contributed by atoms with Crippen LogP contribution in [0.25, 0.3) is 6.08 Å². The average molecular weight is 353 g/mol. The number of nitrogens with zero attached hydrogens (tertiary/aromatic N) is 2. The SMILES string of the molecule is CC1=C(CCN2CCN(C/C=C/c3ccccc3)CC2)C(C)(C)CCC1. The van der Waals surface area contributed by atoms with E-state index in [1.165, 1.54) is 64.0 Å². The Hall–Kier alpha value is -1.38. The van der Waals surface area contributed by atoms with Gasteiger partial charge in [-0.1, -0.05) is 67.5 Å². The van der Waals surface area contributed by atoms with Crippen LogP contribution in [-0.4, -0.2) is 49.1 Å². The molecule has 1 aromatic carbocycles. The summed E-state index contributed by atoms with van der Waals surface area (Å²) < 4.78 is 0. The van der Waals surface area contributed by atoms with E-state index in [0.29, 0.717) is 5.41 Å². The molecule has 1 aliphatic carbocycles. The molecule has 1 aliphatic heterocycles. The first-order valence-electron chi connectivity index (χ1n) is 10.4. The molecule has 1 saturated heterocycles. The smallest absolute Gasteiger partial charge is 0.0167 e. The van der Waals surface area contributed by atoms with Crippen molar-refractivity contribution in [3.63, 3.8) is 0 Å². The largest absolute Gasteiger partial charge is 0.300 e. The van der Waals surface area contributed by atoms with Gasteiger partial charge in [-0.05, 0) is 43.6 Å². The van der Waals surface area contributed by atoms with Crippen molar-refractivity contribution >= 4 is 6.08 Å². The summed E-state index contributed by atoms with van der Waals surface area (Å²) in [4.78, 5) is 5.24. The second-order valence-electron chi connectivity index (χ2n) is 8.70. The lowest BCUT2D eigenvalue weighted by molar-refractivity contribution is 0.141. The first-order valence-corrected chi connectivity index (χ1v) is 10.4. The second-order valence-corrected chi connectivity index (χ2v) is 8.70. The minimum atomic E-state index is 0.423. The van der Waals surface area contributed by atoms with Crippen LogP contribution in [0.5, 0.6) is 0 Å². The number of benzene rings is 1. The molecule has 0 radical (unpaired) electrons. The Kier molecular flexibility index (Phi) is 6.72. The maximum atomic E-state index is 2.67. The van der Waals surface area contributed by atoms with E-state index in [0.717, 1.165) is 6.54 Å². The van der Waals surface area contributed by atoms with Crippen molar-refractivity contribution in [1.82, 2.24) is 9.80 Å². The van der Waals surface area contributed by atoms with Gasteiger partial charge in [0.05, 0.1) is 0 Å². The highest BCUT2D eigenvalue weighted by Crippen LogP contribution is 2.41. The number of hydrogen-bond acceptors (Lipinski definition) is 2.